The van der Waals surface area contributed by atoms with Gasteiger partial charge in [0, 0.05) is 22.9 Å². The third kappa shape index (κ3) is 1.90. The maximum absolute atomic E-state index is 4.02. The number of allylic oxidation sites excluding steroid dienone is 3. The van der Waals surface area contributed by atoms with E-state index in [0.29, 0.717) is 0 Å². The van der Waals surface area contributed by atoms with Crippen LogP contribution in [0, 0.1) is 0 Å². The molecule has 0 aromatic heterocycles. The molecule has 0 N–H and O–H groups in total. The van der Waals surface area contributed by atoms with Crippen LogP contribution in [-0.2, 0) is 0 Å². The molecule has 0 atom stereocenters. The van der Waals surface area contributed by atoms with Crippen molar-refractivity contribution in [2.24, 2.45) is 0 Å². The molecule has 1 aromatic rings. The van der Waals surface area contributed by atoms with Gasteiger partial charge in [-0.1, -0.05) is 36.9 Å². The fourth-order valence-electron chi connectivity index (χ4n) is 1.56. The van der Waals surface area contributed by atoms with Gasteiger partial charge in [-0.05, 0) is 33.6 Å². The van der Waals surface area contributed by atoms with E-state index in [2.05, 4.69) is 45.6 Å². The minimum atomic E-state index is 0.983. The molecule has 1 aliphatic heterocycles. The molecule has 0 bridgehead atoms. The van der Waals surface area contributed by atoms with Crippen LogP contribution in [-0.4, -0.2) is 11.9 Å². The Kier molecular flexibility index (Phi) is 2.78. The van der Waals surface area contributed by atoms with Crippen LogP contribution in [0.15, 0.2) is 59.2 Å². The molecule has 76 valence electrons. The average Bonchev–Trinajstić information content (AvgIpc) is 2.27. The first-order valence-corrected chi connectivity index (χ1v) is 5.55. The lowest BCUT2D eigenvalue weighted by Gasteiger charge is -2.27. The van der Waals surface area contributed by atoms with Crippen molar-refractivity contribution in [3.8, 4) is 0 Å². The van der Waals surface area contributed by atoms with Gasteiger partial charge in [-0.25, -0.2) is 0 Å². The summed E-state index contributed by atoms with van der Waals surface area (Å²) in [4.78, 5) is 2.08. The second-order valence-corrected chi connectivity index (χ2v) is 4.29. The van der Waals surface area contributed by atoms with Crippen LogP contribution in [0.4, 0.5) is 0 Å². The lowest BCUT2D eigenvalue weighted by atomic mass is 10.1. The number of halogens is 1. The Morgan fingerprint density at radius 3 is 2.47 bits per heavy atom. The highest BCUT2D eigenvalue weighted by molar-refractivity contribution is 9.12. The number of hydrogen-bond acceptors (Lipinski definition) is 1. The van der Waals surface area contributed by atoms with Crippen molar-refractivity contribution in [3.63, 3.8) is 0 Å². The summed E-state index contributed by atoms with van der Waals surface area (Å²) < 4.78 is 1.03. The summed E-state index contributed by atoms with van der Waals surface area (Å²) in [5, 5.41) is 0. The molecule has 15 heavy (non-hydrogen) atoms. The van der Waals surface area contributed by atoms with Crippen LogP contribution in [0.5, 0.6) is 0 Å². The van der Waals surface area contributed by atoms with Gasteiger partial charge in [0.05, 0.1) is 0 Å². The average molecular weight is 262 g/mol. The molecule has 1 nitrogen and oxygen atoms in total. The highest BCUT2D eigenvalue weighted by atomic mass is 79.9. The summed E-state index contributed by atoms with van der Waals surface area (Å²) in [5.74, 6) is 0. The molecule has 2 rings (SSSR count). The molecule has 1 aromatic carbocycles. The number of likely N-dealkylation sites (N-methyl/N-ethyl adjacent to an activating group) is 1. The Bertz CT molecular complexity index is 443. The van der Waals surface area contributed by atoms with Gasteiger partial charge < -0.3 is 4.90 Å². The summed E-state index contributed by atoms with van der Waals surface area (Å²) in [7, 11) is 2.02. The fraction of sp³-hybridized carbons (Fsp3) is 0.0769. The predicted octanol–water partition coefficient (Wildman–Crippen LogP) is 3.77. The van der Waals surface area contributed by atoms with Gasteiger partial charge in [0.1, 0.15) is 0 Å². The van der Waals surface area contributed by atoms with Crippen LogP contribution >= 0.6 is 15.9 Å². The molecule has 0 saturated heterocycles. The fourth-order valence-corrected chi connectivity index (χ4v) is 1.96. The molecule has 1 heterocycles. The van der Waals surface area contributed by atoms with Crippen molar-refractivity contribution in [2.45, 2.75) is 0 Å². The van der Waals surface area contributed by atoms with Crippen molar-refractivity contribution in [1.82, 2.24) is 4.90 Å². The van der Waals surface area contributed by atoms with Crippen molar-refractivity contribution < 1.29 is 0 Å². The first kappa shape index (κ1) is 10.2. The molecule has 0 unspecified atom stereocenters. The van der Waals surface area contributed by atoms with E-state index in [1.54, 1.807) is 0 Å². The Balaban J connectivity index is 2.43. The molecule has 0 amide bonds. The van der Waals surface area contributed by atoms with E-state index in [4.69, 9.17) is 0 Å². The summed E-state index contributed by atoms with van der Waals surface area (Å²) in [5.41, 5.74) is 3.36. The van der Waals surface area contributed by atoms with Gasteiger partial charge in [-0.2, -0.15) is 0 Å². The van der Waals surface area contributed by atoms with E-state index >= 15 is 0 Å². The number of nitrogens with zero attached hydrogens (tertiary/aromatic N) is 1. The van der Waals surface area contributed by atoms with E-state index in [0.717, 1.165) is 10.2 Å². The van der Waals surface area contributed by atoms with Crippen LogP contribution in [0.3, 0.4) is 0 Å². The van der Waals surface area contributed by atoms with Gasteiger partial charge in [-0.15, -0.1) is 0 Å². The maximum atomic E-state index is 4.02. The zero-order valence-electron chi connectivity index (χ0n) is 8.57. The molecule has 2 heteroatoms. The minimum Gasteiger partial charge on any atom is -0.344 e. The maximum Gasteiger partial charge on any atom is 0.0482 e. The van der Waals surface area contributed by atoms with E-state index in [1.165, 1.54) is 11.3 Å². The molecular formula is C13H12BrN. The zero-order chi connectivity index (χ0) is 10.8. The molecule has 0 aliphatic carbocycles. The Labute approximate surface area is 98.5 Å². The Morgan fingerprint density at radius 2 is 1.80 bits per heavy atom. The highest BCUT2D eigenvalue weighted by Crippen LogP contribution is 2.31. The van der Waals surface area contributed by atoms with Crippen molar-refractivity contribution in [3.05, 3.63) is 64.8 Å². The topological polar surface area (TPSA) is 3.24 Å². The van der Waals surface area contributed by atoms with Crippen molar-refractivity contribution in [1.29, 1.82) is 0 Å². The molecule has 0 fully saturated rings. The lowest BCUT2D eigenvalue weighted by Crippen LogP contribution is -2.17. The summed E-state index contributed by atoms with van der Waals surface area (Å²) in [6, 6.07) is 10.3. The molecule has 1 aliphatic rings. The SMILES string of the molecule is C=C1C(Br)=CC=C(c2ccccc2)N1C. The van der Waals surface area contributed by atoms with Crippen LogP contribution in [0.1, 0.15) is 5.56 Å². The van der Waals surface area contributed by atoms with Gasteiger partial charge in [0.2, 0.25) is 0 Å². The Morgan fingerprint density at radius 1 is 1.13 bits per heavy atom. The smallest absolute Gasteiger partial charge is 0.0482 e. The van der Waals surface area contributed by atoms with E-state index in [1.807, 2.05) is 31.3 Å². The van der Waals surface area contributed by atoms with E-state index < -0.39 is 0 Å². The summed E-state index contributed by atoms with van der Waals surface area (Å²) >= 11 is 3.47. The van der Waals surface area contributed by atoms with Gasteiger partial charge >= 0.3 is 0 Å². The standard InChI is InChI=1S/C13H12BrN/c1-10-12(14)8-9-13(15(10)2)11-6-4-3-5-7-11/h3-9H,1H2,2H3. The monoisotopic (exact) mass is 261 g/mol. The molecular weight excluding hydrogens is 250 g/mol. The highest BCUT2D eigenvalue weighted by Gasteiger charge is 2.15. The predicted molar refractivity (Wildman–Crippen MR) is 68.3 cm³/mol. The summed E-state index contributed by atoms with van der Waals surface area (Å²) in [6.45, 7) is 4.02. The van der Waals surface area contributed by atoms with E-state index in [-0.39, 0.29) is 0 Å². The minimum absolute atomic E-state index is 0.983. The largest absolute Gasteiger partial charge is 0.344 e. The van der Waals surface area contributed by atoms with Crippen LogP contribution < -0.4 is 0 Å². The zero-order valence-corrected chi connectivity index (χ0v) is 10.2. The third-order valence-electron chi connectivity index (χ3n) is 2.50. The molecule has 0 spiro atoms. The second-order valence-electron chi connectivity index (χ2n) is 3.44. The summed E-state index contributed by atoms with van der Waals surface area (Å²) in [6.07, 6.45) is 4.12. The van der Waals surface area contributed by atoms with Gasteiger partial charge in [-0.3, -0.25) is 0 Å². The van der Waals surface area contributed by atoms with Gasteiger partial charge in [0.15, 0.2) is 0 Å². The third-order valence-corrected chi connectivity index (χ3v) is 3.22. The van der Waals surface area contributed by atoms with E-state index in [9.17, 15) is 0 Å². The quantitative estimate of drug-likeness (QED) is 0.744. The normalized spacial score (nSPS) is 16.1. The van der Waals surface area contributed by atoms with Crippen LogP contribution in [0.2, 0.25) is 0 Å². The number of hydrogen-bond donors (Lipinski definition) is 0. The van der Waals surface area contributed by atoms with Gasteiger partial charge in [0.25, 0.3) is 0 Å². The second kappa shape index (κ2) is 4.07. The first-order chi connectivity index (χ1) is 7.20. The van der Waals surface area contributed by atoms with Crippen molar-refractivity contribution in [2.75, 3.05) is 7.05 Å². The number of benzene rings is 1. The molecule has 0 saturated carbocycles. The lowest BCUT2D eigenvalue weighted by molar-refractivity contribution is 0.613. The van der Waals surface area contributed by atoms with Crippen molar-refractivity contribution >= 4 is 21.6 Å². The number of rotatable bonds is 1. The molecule has 0 radical (unpaired) electrons. The first-order valence-electron chi connectivity index (χ1n) is 4.76. The van der Waals surface area contributed by atoms with Crippen LogP contribution in [0.25, 0.3) is 5.70 Å². The Hall–Kier alpha value is -1.28.